The first-order valence-corrected chi connectivity index (χ1v) is 6.73. The van der Waals surface area contributed by atoms with Gasteiger partial charge in [-0.1, -0.05) is 40.0 Å². The van der Waals surface area contributed by atoms with Crippen LogP contribution in [0.5, 0.6) is 0 Å². The standard InChI is InChI=1S/C15H24N2O/c1-4-5-6-9-15(2,3)14(18)17-12-13-7-10-16-11-8-13/h7-8,10-11H,4-6,9,12H2,1-3H3,(H,17,18). The molecule has 3 nitrogen and oxygen atoms in total. The van der Waals surface area contributed by atoms with Gasteiger partial charge in [0.05, 0.1) is 0 Å². The van der Waals surface area contributed by atoms with Crippen molar-refractivity contribution in [2.75, 3.05) is 0 Å². The van der Waals surface area contributed by atoms with E-state index in [9.17, 15) is 4.79 Å². The summed E-state index contributed by atoms with van der Waals surface area (Å²) in [5.41, 5.74) is 0.810. The predicted octanol–water partition coefficient (Wildman–Crippen LogP) is 3.30. The smallest absolute Gasteiger partial charge is 0.225 e. The van der Waals surface area contributed by atoms with Crippen LogP contribution in [0.25, 0.3) is 0 Å². The fraction of sp³-hybridized carbons (Fsp3) is 0.600. The molecule has 1 aromatic heterocycles. The van der Waals surface area contributed by atoms with Crippen molar-refractivity contribution in [3.63, 3.8) is 0 Å². The average molecular weight is 248 g/mol. The monoisotopic (exact) mass is 248 g/mol. The molecule has 0 saturated carbocycles. The lowest BCUT2D eigenvalue weighted by molar-refractivity contribution is -0.129. The Kier molecular flexibility index (Phi) is 5.83. The summed E-state index contributed by atoms with van der Waals surface area (Å²) < 4.78 is 0. The molecule has 0 radical (unpaired) electrons. The molecule has 0 aliphatic carbocycles. The third kappa shape index (κ3) is 4.86. The normalized spacial score (nSPS) is 11.3. The second-order valence-electron chi connectivity index (χ2n) is 5.38. The molecule has 1 amide bonds. The zero-order valence-corrected chi connectivity index (χ0v) is 11.7. The molecule has 0 aliphatic heterocycles. The average Bonchev–Trinajstić information content (AvgIpc) is 2.37. The van der Waals surface area contributed by atoms with Crippen LogP contribution in [0.15, 0.2) is 24.5 Å². The van der Waals surface area contributed by atoms with E-state index in [1.807, 2.05) is 26.0 Å². The molecular weight excluding hydrogens is 224 g/mol. The summed E-state index contributed by atoms with van der Waals surface area (Å²) in [6.45, 7) is 6.80. The van der Waals surface area contributed by atoms with Crippen molar-refractivity contribution in [2.45, 2.75) is 53.0 Å². The highest BCUT2D eigenvalue weighted by molar-refractivity contribution is 5.81. The maximum Gasteiger partial charge on any atom is 0.225 e. The van der Waals surface area contributed by atoms with Crippen molar-refractivity contribution in [2.24, 2.45) is 5.41 Å². The van der Waals surface area contributed by atoms with Crippen LogP contribution in [-0.4, -0.2) is 10.9 Å². The molecule has 1 heterocycles. The number of carbonyl (C=O) groups excluding carboxylic acids is 1. The number of nitrogens with one attached hydrogen (secondary N) is 1. The molecule has 0 fully saturated rings. The largest absolute Gasteiger partial charge is 0.352 e. The first kappa shape index (κ1) is 14.7. The summed E-state index contributed by atoms with van der Waals surface area (Å²) in [4.78, 5) is 16.1. The molecule has 0 unspecified atom stereocenters. The molecule has 1 aromatic rings. The summed E-state index contributed by atoms with van der Waals surface area (Å²) in [7, 11) is 0. The first-order valence-electron chi connectivity index (χ1n) is 6.73. The van der Waals surface area contributed by atoms with E-state index in [4.69, 9.17) is 0 Å². The molecule has 3 heteroatoms. The van der Waals surface area contributed by atoms with Crippen molar-refractivity contribution in [1.82, 2.24) is 10.3 Å². The fourth-order valence-corrected chi connectivity index (χ4v) is 1.85. The number of hydrogen-bond donors (Lipinski definition) is 1. The van der Waals surface area contributed by atoms with E-state index < -0.39 is 0 Å². The molecule has 0 aliphatic rings. The molecular formula is C15H24N2O. The second kappa shape index (κ2) is 7.14. The lowest BCUT2D eigenvalue weighted by Crippen LogP contribution is -2.36. The Morgan fingerprint density at radius 3 is 2.56 bits per heavy atom. The fourth-order valence-electron chi connectivity index (χ4n) is 1.85. The highest BCUT2D eigenvalue weighted by Crippen LogP contribution is 2.24. The van der Waals surface area contributed by atoms with Crippen LogP contribution in [-0.2, 0) is 11.3 Å². The van der Waals surface area contributed by atoms with Crippen molar-refractivity contribution < 1.29 is 4.79 Å². The van der Waals surface area contributed by atoms with E-state index in [-0.39, 0.29) is 11.3 Å². The third-order valence-corrected chi connectivity index (χ3v) is 3.22. The Hall–Kier alpha value is -1.38. The van der Waals surface area contributed by atoms with Gasteiger partial charge in [-0.05, 0) is 24.1 Å². The highest BCUT2D eigenvalue weighted by Gasteiger charge is 2.26. The van der Waals surface area contributed by atoms with Crippen LogP contribution in [0.2, 0.25) is 0 Å². The van der Waals surface area contributed by atoms with Gasteiger partial charge < -0.3 is 5.32 Å². The number of hydrogen-bond acceptors (Lipinski definition) is 2. The van der Waals surface area contributed by atoms with Gasteiger partial charge in [0.1, 0.15) is 0 Å². The number of aromatic nitrogens is 1. The Bertz CT molecular complexity index is 360. The minimum Gasteiger partial charge on any atom is -0.352 e. The molecule has 0 atom stereocenters. The van der Waals surface area contributed by atoms with E-state index in [1.165, 1.54) is 12.8 Å². The zero-order chi connectivity index (χ0) is 13.4. The minimum atomic E-state index is -0.276. The highest BCUT2D eigenvalue weighted by atomic mass is 16.2. The maximum atomic E-state index is 12.1. The number of amides is 1. The lowest BCUT2D eigenvalue weighted by atomic mass is 9.86. The summed E-state index contributed by atoms with van der Waals surface area (Å²) in [5, 5.41) is 3.00. The van der Waals surface area contributed by atoms with Crippen LogP contribution >= 0.6 is 0 Å². The number of rotatable bonds is 7. The molecule has 1 N–H and O–H groups in total. The van der Waals surface area contributed by atoms with Crippen molar-refractivity contribution in [3.05, 3.63) is 30.1 Å². The van der Waals surface area contributed by atoms with Gasteiger partial charge in [-0.25, -0.2) is 0 Å². The second-order valence-corrected chi connectivity index (χ2v) is 5.38. The number of nitrogens with zero attached hydrogens (tertiary/aromatic N) is 1. The van der Waals surface area contributed by atoms with Gasteiger partial charge in [0.25, 0.3) is 0 Å². The topological polar surface area (TPSA) is 42.0 Å². The Labute approximate surface area is 110 Å². The van der Waals surface area contributed by atoms with Gasteiger partial charge >= 0.3 is 0 Å². The van der Waals surface area contributed by atoms with Gasteiger partial charge in [-0.3, -0.25) is 9.78 Å². The van der Waals surface area contributed by atoms with Crippen LogP contribution in [0.3, 0.4) is 0 Å². The van der Waals surface area contributed by atoms with Gasteiger partial charge in [0, 0.05) is 24.4 Å². The van der Waals surface area contributed by atoms with Crippen LogP contribution in [0.4, 0.5) is 0 Å². The maximum absolute atomic E-state index is 12.1. The quantitative estimate of drug-likeness (QED) is 0.752. The zero-order valence-electron chi connectivity index (χ0n) is 11.7. The third-order valence-electron chi connectivity index (χ3n) is 3.22. The van der Waals surface area contributed by atoms with E-state index >= 15 is 0 Å². The molecule has 18 heavy (non-hydrogen) atoms. The Balaban J connectivity index is 2.39. The first-order chi connectivity index (χ1) is 8.56. The van der Waals surface area contributed by atoms with E-state index in [0.717, 1.165) is 18.4 Å². The van der Waals surface area contributed by atoms with Gasteiger partial charge in [-0.15, -0.1) is 0 Å². The van der Waals surface area contributed by atoms with E-state index in [0.29, 0.717) is 6.54 Å². The summed E-state index contributed by atoms with van der Waals surface area (Å²) in [5.74, 6) is 0.135. The molecule has 0 bridgehead atoms. The molecule has 0 spiro atoms. The van der Waals surface area contributed by atoms with Crippen LogP contribution in [0.1, 0.15) is 52.0 Å². The molecule has 0 saturated heterocycles. The summed E-state index contributed by atoms with van der Waals surface area (Å²) in [6, 6.07) is 3.84. The number of carbonyl (C=O) groups is 1. The lowest BCUT2D eigenvalue weighted by Gasteiger charge is -2.23. The van der Waals surface area contributed by atoms with Gasteiger partial charge in [0.15, 0.2) is 0 Å². The van der Waals surface area contributed by atoms with Crippen LogP contribution < -0.4 is 5.32 Å². The Morgan fingerprint density at radius 1 is 1.28 bits per heavy atom. The molecule has 0 aromatic carbocycles. The summed E-state index contributed by atoms with van der Waals surface area (Å²) in [6.07, 6.45) is 7.94. The van der Waals surface area contributed by atoms with Crippen molar-refractivity contribution >= 4 is 5.91 Å². The van der Waals surface area contributed by atoms with Crippen LogP contribution in [0, 0.1) is 5.41 Å². The van der Waals surface area contributed by atoms with Crippen molar-refractivity contribution in [1.29, 1.82) is 0 Å². The molecule has 100 valence electrons. The number of pyridine rings is 1. The summed E-state index contributed by atoms with van der Waals surface area (Å²) >= 11 is 0. The molecule has 1 rings (SSSR count). The van der Waals surface area contributed by atoms with Gasteiger partial charge in [0.2, 0.25) is 5.91 Å². The predicted molar refractivity (Wildman–Crippen MR) is 74.0 cm³/mol. The van der Waals surface area contributed by atoms with E-state index in [2.05, 4.69) is 17.2 Å². The number of unbranched alkanes of at least 4 members (excludes halogenated alkanes) is 2. The SMILES string of the molecule is CCCCCC(C)(C)C(=O)NCc1ccncc1. The van der Waals surface area contributed by atoms with Crippen molar-refractivity contribution in [3.8, 4) is 0 Å². The Morgan fingerprint density at radius 2 is 1.94 bits per heavy atom. The van der Waals surface area contributed by atoms with E-state index in [1.54, 1.807) is 12.4 Å². The van der Waals surface area contributed by atoms with Gasteiger partial charge in [-0.2, -0.15) is 0 Å². The minimum absolute atomic E-state index is 0.135.